The van der Waals surface area contributed by atoms with E-state index in [1.165, 1.54) is 0 Å². The van der Waals surface area contributed by atoms with Gasteiger partial charge < -0.3 is 19.3 Å². The van der Waals surface area contributed by atoms with Gasteiger partial charge in [-0.05, 0) is 50.3 Å². The Kier molecular flexibility index (Phi) is 7.59. The largest absolute Gasteiger partial charge is 0.477 e. The highest BCUT2D eigenvalue weighted by Gasteiger charge is 2.19. The van der Waals surface area contributed by atoms with Gasteiger partial charge in [-0.15, -0.1) is 0 Å². The average Bonchev–Trinajstić information content (AvgIpc) is 2.80. The zero-order chi connectivity index (χ0) is 22.3. The highest BCUT2D eigenvalue weighted by atomic mass is 16.6. The SMILES string of the molecule is CC(O)C#Cc1ccc2c(c1)CCn1c-2cc(OCCCCCC2COCCO2)nc1=O. The van der Waals surface area contributed by atoms with E-state index in [0.717, 1.165) is 54.5 Å². The van der Waals surface area contributed by atoms with Gasteiger partial charge in [0.05, 0.1) is 38.2 Å². The number of fused-ring (bicyclic) bond motifs is 3. The first-order valence-corrected chi connectivity index (χ1v) is 11.4. The monoisotopic (exact) mass is 438 g/mol. The summed E-state index contributed by atoms with van der Waals surface area (Å²) in [5.41, 5.74) is 3.53. The normalized spacial score (nSPS) is 18.1. The third-order valence-corrected chi connectivity index (χ3v) is 5.70. The third-order valence-electron chi connectivity index (χ3n) is 5.70. The zero-order valence-corrected chi connectivity index (χ0v) is 18.5. The molecule has 1 fully saturated rings. The van der Waals surface area contributed by atoms with Crippen LogP contribution in [0.25, 0.3) is 11.3 Å². The van der Waals surface area contributed by atoms with Gasteiger partial charge in [-0.2, -0.15) is 4.98 Å². The first-order chi connectivity index (χ1) is 15.6. The van der Waals surface area contributed by atoms with Crippen LogP contribution in [0.15, 0.2) is 29.1 Å². The van der Waals surface area contributed by atoms with Crippen LogP contribution in [-0.4, -0.2) is 53.3 Å². The number of benzene rings is 1. The van der Waals surface area contributed by atoms with Crippen molar-refractivity contribution in [3.05, 3.63) is 45.9 Å². The molecule has 0 aliphatic carbocycles. The van der Waals surface area contributed by atoms with Crippen molar-refractivity contribution in [1.29, 1.82) is 0 Å². The Bertz CT molecular complexity index is 1040. The molecule has 4 rings (SSSR count). The first kappa shape index (κ1) is 22.5. The van der Waals surface area contributed by atoms with Crippen LogP contribution in [0.5, 0.6) is 5.88 Å². The number of unbranched alkanes of at least 4 members (excludes halogenated alkanes) is 2. The molecule has 0 bridgehead atoms. The molecule has 0 amide bonds. The van der Waals surface area contributed by atoms with Crippen molar-refractivity contribution in [2.45, 2.75) is 57.8 Å². The van der Waals surface area contributed by atoms with Gasteiger partial charge in [0.2, 0.25) is 5.88 Å². The number of nitrogens with zero attached hydrogens (tertiary/aromatic N) is 2. The number of aliphatic hydroxyl groups is 1. The summed E-state index contributed by atoms with van der Waals surface area (Å²) < 4.78 is 18.6. The fourth-order valence-corrected chi connectivity index (χ4v) is 4.08. The van der Waals surface area contributed by atoms with Gasteiger partial charge in [-0.1, -0.05) is 24.3 Å². The van der Waals surface area contributed by atoms with Crippen LogP contribution >= 0.6 is 0 Å². The van der Waals surface area contributed by atoms with Gasteiger partial charge in [0.1, 0.15) is 6.10 Å². The van der Waals surface area contributed by atoms with Crippen molar-refractivity contribution in [2.75, 3.05) is 26.4 Å². The van der Waals surface area contributed by atoms with Crippen molar-refractivity contribution >= 4 is 0 Å². The van der Waals surface area contributed by atoms with Crippen molar-refractivity contribution in [3.8, 4) is 29.0 Å². The summed E-state index contributed by atoms with van der Waals surface area (Å²) in [5, 5.41) is 9.38. The van der Waals surface area contributed by atoms with Gasteiger partial charge in [-0.3, -0.25) is 4.57 Å². The molecule has 2 atom stereocenters. The summed E-state index contributed by atoms with van der Waals surface area (Å²) in [4.78, 5) is 16.7. The molecule has 1 saturated heterocycles. The Hall–Kier alpha value is -2.66. The lowest BCUT2D eigenvalue weighted by Gasteiger charge is -2.22. The smallest absolute Gasteiger partial charge is 0.351 e. The van der Waals surface area contributed by atoms with E-state index in [9.17, 15) is 9.90 Å². The van der Waals surface area contributed by atoms with Crippen LogP contribution in [0.2, 0.25) is 0 Å². The maximum atomic E-state index is 12.5. The summed E-state index contributed by atoms with van der Waals surface area (Å²) >= 11 is 0. The van der Waals surface area contributed by atoms with Crippen LogP contribution < -0.4 is 10.4 Å². The molecule has 1 N–H and O–H groups in total. The second-order valence-electron chi connectivity index (χ2n) is 8.25. The first-order valence-electron chi connectivity index (χ1n) is 11.4. The van der Waals surface area contributed by atoms with Crippen LogP contribution in [0, 0.1) is 11.8 Å². The Morgan fingerprint density at radius 1 is 1.28 bits per heavy atom. The highest BCUT2D eigenvalue weighted by Crippen LogP contribution is 2.30. The van der Waals surface area contributed by atoms with E-state index in [0.29, 0.717) is 38.9 Å². The average molecular weight is 439 g/mol. The van der Waals surface area contributed by atoms with E-state index in [1.54, 1.807) is 11.5 Å². The lowest BCUT2D eigenvalue weighted by Crippen LogP contribution is -2.28. The summed E-state index contributed by atoms with van der Waals surface area (Å²) in [6, 6.07) is 7.78. The molecule has 0 spiro atoms. The molecule has 0 radical (unpaired) electrons. The van der Waals surface area contributed by atoms with E-state index in [4.69, 9.17) is 14.2 Å². The molecule has 7 nitrogen and oxygen atoms in total. The molecule has 32 heavy (non-hydrogen) atoms. The summed E-state index contributed by atoms with van der Waals surface area (Å²) in [6.07, 6.45) is 4.28. The van der Waals surface area contributed by atoms with Gasteiger partial charge in [-0.25, -0.2) is 4.79 Å². The van der Waals surface area contributed by atoms with E-state index >= 15 is 0 Å². The molecule has 7 heteroatoms. The Morgan fingerprint density at radius 2 is 2.19 bits per heavy atom. The molecule has 3 heterocycles. The summed E-state index contributed by atoms with van der Waals surface area (Å²) in [5.74, 6) is 6.13. The maximum Gasteiger partial charge on any atom is 0.351 e. The maximum absolute atomic E-state index is 12.5. The lowest BCUT2D eigenvalue weighted by atomic mass is 9.95. The summed E-state index contributed by atoms with van der Waals surface area (Å²) in [6.45, 7) is 4.82. The number of aromatic nitrogens is 2. The topological polar surface area (TPSA) is 82.8 Å². The second kappa shape index (κ2) is 10.8. The van der Waals surface area contributed by atoms with E-state index in [2.05, 4.69) is 16.8 Å². The van der Waals surface area contributed by atoms with Gasteiger partial charge >= 0.3 is 5.69 Å². The molecule has 2 aromatic rings. The minimum atomic E-state index is -0.661. The minimum absolute atomic E-state index is 0.214. The van der Waals surface area contributed by atoms with Gasteiger partial charge in [0.15, 0.2) is 0 Å². The van der Waals surface area contributed by atoms with Crippen LogP contribution in [0.3, 0.4) is 0 Å². The Labute approximate surface area is 188 Å². The van der Waals surface area contributed by atoms with Gasteiger partial charge in [0, 0.05) is 23.7 Å². The molecule has 1 aromatic carbocycles. The van der Waals surface area contributed by atoms with Crippen LogP contribution in [-0.2, 0) is 22.4 Å². The van der Waals surface area contributed by atoms with Crippen molar-refractivity contribution in [3.63, 3.8) is 0 Å². The van der Waals surface area contributed by atoms with Crippen LogP contribution in [0.4, 0.5) is 0 Å². The van der Waals surface area contributed by atoms with E-state index in [1.807, 2.05) is 24.3 Å². The number of aliphatic hydroxyl groups excluding tert-OH is 1. The summed E-state index contributed by atoms with van der Waals surface area (Å²) in [7, 11) is 0. The number of rotatable bonds is 7. The molecular weight excluding hydrogens is 408 g/mol. The quantitative estimate of drug-likeness (QED) is 0.529. The molecule has 2 aliphatic heterocycles. The highest BCUT2D eigenvalue weighted by molar-refractivity contribution is 5.67. The zero-order valence-electron chi connectivity index (χ0n) is 18.5. The van der Waals surface area contributed by atoms with E-state index in [-0.39, 0.29) is 11.8 Å². The Morgan fingerprint density at radius 3 is 3.00 bits per heavy atom. The molecule has 2 unspecified atom stereocenters. The second-order valence-corrected chi connectivity index (χ2v) is 8.25. The number of aryl methyl sites for hydroxylation is 1. The predicted octanol–water partition coefficient (Wildman–Crippen LogP) is 2.55. The minimum Gasteiger partial charge on any atom is -0.477 e. The lowest BCUT2D eigenvalue weighted by molar-refractivity contribution is -0.0912. The van der Waals surface area contributed by atoms with E-state index < -0.39 is 6.10 Å². The molecule has 0 saturated carbocycles. The number of hydrogen-bond acceptors (Lipinski definition) is 6. The van der Waals surface area contributed by atoms with Crippen molar-refractivity contribution in [2.24, 2.45) is 0 Å². The Balaban J connectivity index is 1.36. The predicted molar refractivity (Wildman–Crippen MR) is 121 cm³/mol. The fraction of sp³-hybridized carbons (Fsp3) is 0.520. The fourth-order valence-electron chi connectivity index (χ4n) is 4.08. The number of hydrogen-bond donors (Lipinski definition) is 1. The van der Waals surface area contributed by atoms with Crippen LogP contribution in [0.1, 0.15) is 43.7 Å². The number of ether oxygens (including phenoxy) is 3. The molecule has 2 aliphatic rings. The van der Waals surface area contributed by atoms with Gasteiger partial charge in [0.25, 0.3) is 0 Å². The van der Waals surface area contributed by atoms with Crippen molar-refractivity contribution in [1.82, 2.24) is 9.55 Å². The molecule has 170 valence electrons. The molecule has 1 aromatic heterocycles. The van der Waals surface area contributed by atoms with Crippen molar-refractivity contribution < 1.29 is 19.3 Å². The third kappa shape index (κ3) is 5.77. The standard InChI is InChI=1S/C25H30N2O5/c1-18(28)6-7-19-8-9-22-20(15-19)10-11-27-23(22)16-24(26-25(27)29)32-12-4-2-3-5-21-17-30-13-14-31-21/h8-9,15-16,18,21,28H,2-5,10-14,17H2,1H3. The molecular formula is C25H30N2O5.